The molecule has 7 rings (SSSR count). The summed E-state index contributed by atoms with van der Waals surface area (Å²) in [6.45, 7) is 0. The monoisotopic (exact) mass is 434 g/mol. The summed E-state index contributed by atoms with van der Waals surface area (Å²) in [6.07, 6.45) is 12.8. The highest BCUT2D eigenvalue weighted by Crippen LogP contribution is 2.55. The molecule has 1 heterocycles. The number of anilines is 1. The Kier molecular flexibility index (Phi) is 4.53. The van der Waals surface area contributed by atoms with E-state index in [1.165, 1.54) is 25.7 Å². The lowest BCUT2D eigenvalue weighted by Gasteiger charge is -2.56. The van der Waals surface area contributed by atoms with Crippen LogP contribution in [0.5, 0.6) is 0 Å². The number of nitrogens with one attached hydrogen (secondary N) is 1. The molecular formula is C25H34N6O. The minimum atomic E-state index is -0.461. The number of hydrogen-bond donors (Lipinski definition) is 3. The van der Waals surface area contributed by atoms with Crippen LogP contribution in [0.3, 0.4) is 0 Å². The van der Waals surface area contributed by atoms with Crippen molar-refractivity contribution in [2.24, 2.45) is 39.2 Å². The average Bonchev–Trinajstić information content (AvgIpc) is 2.73. The van der Waals surface area contributed by atoms with Crippen molar-refractivity contribution < 1.29 is 4.79 Å². The van der Waals surface area contributed by atoms with E-state index in [0.717, 1.165) is 68.4 Å². The molecule has 5 N–H and O–H groups in total. The highest BCUT2D eigenvalue weighted by atomic mass is 16.1. The minimum Gasteiger partial charge on any atom is -0.369 e. The maximum Gasteiger partial charge on any atom is 0.251 e. The third kappa shape index (κ3) is 3.28. The van der Waals surface area contributed by atoms with Gasteiger partial charge in [-0.2, -0.15) is 4.99 Å². The van der Waals surface area contributed by atoms with Crippen LogP contribution in [-0.4, -0.2) is 29.0 Å². The first-order valence-electron chi connectivity index (χ1n) is 12.4. The molecule has 0 radical (unpaired) electrons. The normalized spacial score (nSPS) is 34.9. The zero-order chi connectivity index (χ0) is 21.9. The SMILES string of the molecule is NC1=NC2(CCCCC2)N(c2ccc(C(=O)NC34CC5CC(CC(C5)C3)C4)cc2)C(N)=N1. The Morgan fingerprint density at radius 1 is 0.938 bits per heavy atom. The molecule has 1 aromatic rings. The molecule has 0 atom stereocenters. The molecule has 4 bridgehead atoms. The zero-order valence-electron chi connectivity index (χ0n) is 18.7. The molecule has 7 heteroatoms. The number of guanidine groups is 2. The van der Waals surface area contributed by atoms with Crippen LogP contribution in [0.1, 0.15) is 81.0 Å². The van der Waals surface area contributed by atoms with Crippen LogP contribution in [0.2, 0.25) is 0 Å². The van der Waals surface area contributed by atoms with E-state index in [0.29, 0.717) is 11.5 Å². The molecule has 5 fully saturated rings. The number of nitrogens with zero attached hydrogens (tertiary/aromatic N) is 3. The number of hydrogen-bond acceptors (Lipinski definition) is 6. The largest absolute Gasteiger partial charge is 0.369 e. The van der Waals surface area contributed by atoms with Crippen LogP contribution in [0, 0.1) is 17.8 Å². The van der Waals surface area contributed by atoms with E-state index in [9.17, 15) is 4.79 Å². The summed E-state index contributed by atoms with van der Waals surface area (Å²) in [4.78, 5) is 24.2. The first-order valence-corrected chi connectivity index (χ1v) is 12.4. The lowest BCUT2D eigenvalue weighted by molar-refractivity contribution is -0.0167. The Morgan fingerprint density at radius 3 is 2.12 bits per heavy atom. The molecule has 5 saturated carbocycles. The maximum atomic E-state index is 13.2. The highest BCUT2D eigenvalue weighted by Gasteiger charge is 2.51. The van der Waals surface area contributed by atoms with Crippen molar-refractivity contribution in [2.75, 3.05) is 4.90 Å². The van der Waals surface area contributed by atoms with Gasteiger partial charge in [-0.05, 0) is 106 Å². The molecule has 0 aromatic heterocycles. The fourth-order valence-electron chi connectivity index (χ4n) is 7.83. The molecule has 7 nitrogen and oxygen atoms in total. The second-order valence-corrected chi connectivity index (χ2v) is 11.0. The summed E-state index contributed by atoms with van der Waals surface area (Å²) in [5.74, 6) is 3.12. The number of aliphatic imine (C=N–C) groups is 2. The number of carbonyl (C=O) groups excluding carboxylic acids is 1. The van der Waals surface area contributed by atoms with E-state index in [1.54, 1.807) is 0 Å². The molecule has 5 aliphatic carbocycles. The third-order valence-corrected chi connectivity index (χ3v) is 8.66. The number of carbonyl (C=O) groups is 1. The molecule has 6 aliphatic rings. The van der Waals surface area contributed by atoms with Gasteiger partial charge >= 0.3 is 0 Å². The second-order valence-electron chi connectivity index (χ2n) is 11.0. The molecule has 1 aromatic carbocycles. The zero-order valence-corrected chi connectivity index (χ0v) is 18.7. The number of nitrogens with two attached hydrogens (primary N) is 2. The predicted octanol–water partition coefficient (Wildman–Crippen LogP) is 3.50. The molecule has 1 spiro atoms. The van der Waals surface area contributed by atoms with Crippen LogP contribution >= 0.6 is 0 Å². The van der Waals surface area contributed by atoms with E-state index in [4.69, 9.17) is 16.5 Å². The first-order chi connectivity index (χ1) is 15.4. The molecular weight excluding hydrogens is 400 g/mol. The fraction of sp³-hybridized carbons (Fsp3) is 0.640. The summed E-state index contributed by atoms with van der Waals surface area (Å²) in [6, 6.07) is 7.78. The number of benzene rings is 1. The van der Waals surface area contributed by atoms with Crippen LogP contribution < -0.4 is 21.7 Å². The fourth-order valence-corrected chi connectivity index (χ4v) is 7.83. The smallest absolute Gasteiger partial charge is 0.251 e. The van der Waals surface area contributed by atoms with Crippen molar-refractivity contribution in [3.8, 4) is 0 Å². The molecule has 170 valence electrons. The van der Waals surface area contributed by atoms with Crippen molar-refractivity contribution in [1.29, 1.82) is 0 Å². The third-order valence-electron chi connectivity index (χ3n) is 8.66. The maximum absolute atomic E-state index is 13.2. The van der Waals surface area contributed by atoms with Crippen molar-refractivity contribution in [3.63, 3.8) is 0 Å². The lowest BCUT2D eigenvalue weighted by atomic mass is 9.53. The van der Waals surface area contributed by atoms with E-state index in [1.807, 2.05) is 29.2 Å². The summed E-state index contributed by atoms with van der Waals surface area (Å²) in [5.41, 5.74) is 13.5. The summed E-state index contributed by atoms with van der Waals surface area (Å²) < 4.78 is 0. The summed E-state index contributed by atoms with van der Waals surface area (Å²) >= 11 is 0. The van der Waals surface area contributed by atoms with E-state index < -0.39 is 5.66 Å². The number of amides is 1. The van der Waals surface area contributed by atoms with Crippen LogP contribution in [0.25, 0.3) is 0 Å². The van der Waals surface area contributed by atoms with Gasteiger partial charge in [0.2, 0.25) is 11.9 Å². The average molecular weight is 435 g/mol. The van der Waals surface area contributed by atoms with Gasteiger partial charge in [0.25, 0.3) is 5.91 Å². The quantitative estimate of drug-likeness (QED) is 0.676. The lowest BCUT2D eigenvalue weighted by Crippen LogP contribution is -2.59. The minimum absolute atomic E-state index is 0.0207. The topological polar surface area (TPSA) is 109 Å². The summed E-state index contributed by atoms with van der Waals surface area (Å²) in [7, 11) is 0. The molecule has 0 saturated heterocycles. The van der Waals surface area contributed by atoms with E-state index in [2.05, 4.69) is 10.3 Å². The molecule has 0 unspecified atom stereocenters. The van der Waals surface area contributed by atoms with Gasteiger partial charge < -0.3 is 16.8 Å². The Bertz CT molecular complexity index is 939. The molecule has 1 amide bonds. The predicted molar refractivity (Wildman–Crippen MR) is 126 cm³/mol. The molecule has 32 heavy (non-hydrogen) atoms. The van der Waals surface area contributed by atoms with Crippen molar-refractivity contribution in [2.45, 2.75) is 81.8 Å². The van der Waals surface area contributed by atoms with Crippen molar-refractivity contribution >= 4 is 23.5 Å². The Morgan fingerprint density at radius 2 is 1.53 bits per heavy atom. The Balaban J connectivity index is 1.22. The van der Waals surface area contributed by atoms with Gasteiger partial charge in [-0.1, -0.05) is 6.42 Å². The Labute approximate surface area is 189 Å². The number of rotatable bonds is 3. The van der Waals surface area contributed by atoms with Gasteiger partial charge in [-0.25, -0.2) is 4.99 Å². The van der Waals surface area contributed by atoms with E-state index in [-0.39, 0.29) is 17.4 Å². The van der Waals surface area contributed by atoms with Gasteiger partial charge in [-0.15, -0.1) is 0 Å². The molecule has 1 aliphatic heterocycles. The first kappa shape index (κ1) is 20.1. The summed E-state index contributed by atoms with van der Waals surface area (Å²) in [5, 5.41) is 3.47. The van der Waals surface area contributed by atoms with Crippen LogP contribution in [0.4, 0.5) is 5.69 Å². The Hall–Kier alpha value is -2.57. The van der Waals surface area contributed by atoms with Crippen molar-refractivity contribution in [3.05, 3.63) is 29.8 Å². The van der Waals surface area contributed by atoms with Gasteiger partial charge in [0.05, 0.1) is 0 Å². The van der Waals surface area contributed by atoms with Crippen molar-refractivity contribution in [1.82, 2.24) is 5.32 Å². The van der Waals surface area contributed by atoms with Crippen LogP contribution in [0.15, 0.2) is 34.3 Å². The van der Waals surface area contributed by atoms with Gasteiger partial charge in [0.15, 0.2) is 0 Å². The van der Waals surface area contributed by atoms with Gasteiger partial charge in [0, 0.05) is 16.8 Å². The van der Waals surface area contributed by atoms with Crippen LogP contribution in [-0.2, 0) is 0 Å². The van der Waals surface area contributed by atoms with Gasteiger partial charge in [-0.3, -0.25) is 9.69 Å². The standard InChI is InChI=1S/C25H34N6O/c26-22-28-23(27)31(25(30-22)8-2-1-3-9-25)20-6-4-19(5-7-20)21(32)29-24-13-16-10-17(14-24)12-18(11-16)15-24/h4-7,16-18H,1-3,8-15H2,(H,29,32)(H4,26,27,28,30). The van der Waals surface area contributed by atoms with E-state index >= 15 is 0 Å². The van der Waals surface area contributed by atoms with Gasteiger partial charge in [0.1, 0.15) is 5.66 Å². The second kappa shape index (κ2) is 7.22. The highest BCUT2D eigenvalue weighted by molar-refractivity contribution is 6.06.